The quantitative estimate of drug-likeness (QED) is 0.488. The van der Waals surface area contributed by atoms with E-state index in [9.17, 15) is 19.2 Å². The number of aryl methyl sites for hydroxylation is 1. The molecule has 2 aliphatic heterocycles. The molecule has 4 rings (SSSR count). The molecule has 0 aromatic carbocycles. The van der Waals surface area contributed by atoms with E-state index >= 15 is 0 Å². The van der Waals surface area contributed by atoms with E-state index in [0.29, 0.717) is 38.9 Å². The number of hydrogen-bond donors (Lipinski definition) is 3. The predicted octanol–water partition coefficient (Wildman–Crippen LogP) is 0.869. The van der Waals surface area contributed by atoms with Gasteiger partial charge in [0.2, 0.25) is 11.8 Å². The topological polar surface area (TPSA) is 113 Å². The van der Waals surface area contributed by atoms with Crippen LogP contribution in [0.3, 0.4) is 0 Å². The summed E-state index contributed by atoms with van der Waals surface area (Å²) in [6, 6.07) is 1.24. The average Bonchev–Trinajstić information content (AvgIpc) is 3.29. The Hall–Kier alpha value is -2.68. The van der Waals surface area contributed by atoms with Crippen LogP contribution >= 0.6 is 0 Å². The number of anilines is 1. The Kier molecular flexibility index (Phi) is 5.64. The third-order valence-electron chi connectivity index (χ3n) is 6.88. The Bertz CT molecular complexity index is 852. The molecule has 1 aliphatic carbocycles. The third-order valence-corrected chi connectivity index (χ3v) is 6.88. The van der Waals surface area contributed by atoms with Crippen LogP contribution in [0.2, 0.25) is 0 Å². The highest BCUT2D eigenvalue weighted by atomic mass is 16.2. The maximum atomic E-state index is 12.3. The van der Waals surface area contributed by atoms with Crippen molar-refractivity contribution in [2.45, 2.75) is 38.1 Å². The van der Waals surface area contributed by atoms with E-state index in [0.717, 1.165) is 24.8 Å². The zero-order valence-electron chi connectivity index (χ0n) is 17.2. The van der Waals surface area contributed by atoms with Gasteiger partial charge >= 0.3 is 6.03 Å². The summed E-state index contributed by atoms with van der Waals surface area (Å²) in [5, 5.41) is 8.15. The fourth-order valence-corrected chi connectivity index (χ4v) is 5.34. The van der Waals surface area contributed by atoms with Gasteiger partial charge in [-0.2, -0.15) is 0 Å². The first-order chi connectivity index (χ1) is 14.4. The molecule has 4 unspecified atom stereocenters. The number of imide groups is 1. The van der Waals surface area contributed by atoms with Crippen molar-refractivity contribution < 1.29 is 19.2 Å². The van der Waals surface area contributed by atoms with Gasteiger partial charge in [-0.25, -0.2) is 4.79 Å². The SMILES string of the molecule is Cn1ccc(NC(=O)NCC2CCC3CN(C4CCC(=O)NC4=O)CC3(C=O)C2)c1. The van der Waals surface area contributed by atoms with Crippen LogP contribution in [-0.2, 0) is 21.4 Å². The lowest BCUT2D eigenvalue weighted by molar-refractivity contribution is -0.137. The molecule has 3 N–H and O–H groups in total. The lowest BCUT2D eigenvalue weighted by Gasteiger charge is -2.38. The number of nitrogens with one attached hydrogen (secondary N) is 3. The van der Waals surface area contributed by atoms with Crippen molar-refractivity contribution in [1.29, 1.82) is 0 Å². The molecule has 9 heteroatoms. The Morgan fingerprint density at radius 2 is 2.17 bits per heavy atom. The van der Waals surface area contributed by atoms with Crippen molar-refractivity contribution in [2.75, 3.05) is 25.0 Å². The van der Waals surface area contributed by atoms with Gasteiger partial charge in [0, 0.05) is 50.9 Å². The van der Waals surface area contributed by atoms with E-state index in [-0.39, 0.29) is 35.7 Å². The van der Waals surface area contributed by atoms with E-state index in [4.69, 9.17) is 0 Å². The van der Waals surface area contributed by atoms with E-state index < -0.39 is 5.41 Å². The largest absolute Gasteiger partial charge is 0.355 e. The van der Waals surface area contributed by atoms with Gasteiger partial charge in [0.25, 0.3) is 0 Å². The van der Waals surface area contributed by atoms with Gasteiger partial charge in [0.15, 0.2) is 0 Å². The van der Waals surface area contributed by atoms with Crippen molar-refractivity contribution in [1.82, 2.24) is 20.1 Å². The summed E-state index contributed by atoms with van der Waals surface area (Å²) in [5.41, 5.74) is 0.251. The predicted molar refractivity (Wildman–Crippen MR) is 110 cm³/mol. The van der Waals surface area contributed by atoms with Crippen LogP contribution in [0.15, 0.2) is 18.5 Å². The summed E-state index contributed by atoms with van der Waals surface area (Å²) in [6.45, 7) is 1.76. The molecule has 0 radical (unpaired) electrons. The molecule has 3 heterocycles. The second-order valence-electron chi connectivity index (χ2n) is 8.99. The van der Waals surface area contributed by atoms with Crippen LogP contribution in [-0.4, -0.2) is 59.3 Å². The third kappa shape index (κ3) is 4.12. The summed E-state index contributed by atoms with van der Waals surface area (Å²) >= 11 is 0. The minimum atomic E-state index is -0.484. The molecule has 0 bridgehead atoms. The maximum absolute atomic E-state index is 12.3. The summed E-state index contributed by atoms with van der Waals surface area (Å²) in [7, 11) is 1.89. The number of urea groups is 1. The first-order valence-electron chi connectivity index (χ1n) is 10.6. The molecule has 162 valence electrons. The lowest BCUT2D eigenvalue weighted by Crippen LogP contribution is -2.52. The van der Waals surface area contributed by atoms with Crippen molar-refractivity contribution >= 4 is 29.8 Å². The molecular weight excluding hydrogens is 386 g/mol. The Morgan fingerprint density at radius 3 is 2.87 bits per heavy atom. The Balaban J connectivity index is 1.33. The fourth-order valence-electron chi connectivity index (χ4n) is 5.34. The molecule has 1 aromatic heterocycles. The average molecular weight is 415 g/mol. The molecule has 9 nitrogen and oxygen atoms in total. The Labute approximate surface area is 175 Å². The van der Waals surface area contributed by atoms with Crippen molar-refractivity contribution in [2.24, 2.45) is 24.3 Å². The van der Waals surface area contributed by atoms with Gasteiger partial charge in [-0.15, -0.1) is 0 Å². The molecule has 1 saturated carbocycles. The second-order valence-corrected chi connectivity index (χ2v) is 8.99. The van der Waals surface area contributed by atoms with Gasteiger partial charge in [-0.1, -0.05) is 0 Å². The van der Waals surface area contributed by atoms with Gasteiger partial charge in [0.05, 0.1) is 11.7 Å². The van der Waals surface area contributed by atoms with Crippen LogP contribution in [0.5, 0.6) is 0 Å². The molecule has 3 aliphatic rings. The molecule has 30 heavy (non-hydrogen) atoms. The van der Waals surface area contributed by atoms with Crippen LogP contribution in [0, 0.1) is 17.3 Å². The number of rotatable bonds is 5. The highest BCUT2D eigenvalue weighted by Crippen LogP contribution is 2.48. The minimum absolute atomic E-state index is 0.217. The number of carbonyl (C=O) groups is 4. The first kappa shape index (κ1) is 20.6. The number of aromatic nitrogens is 1. The van der Waals surface area contributed by atoms with Crippen LogP contribution in [0.25, 0.3) is 0 Å². The summed E-state index contributed by atoms with van der Waals surface area (Å²) in [6.07, 6.45) is 8.15. The number of likely N-dealkylation sites (tertiary alicyclic amines) is 1. The molecule has 3 fully saturated rings. The Morgan fingerprint density at radius 1 is 1.33 bits per heavy atom. The number of aldehydes is 1. The van der Waals surface area contributed by atoms with E-state index in [1.807, 2.05) is 30.1 Å². The summed E-state index contributed by atoms with van der Waals surface area (Å²) < 4.78 is 1.86. The standard InChI is InChI=1S/C21H29N5O4/c1-25-7-6-16(11-25)23-20(30)22-9-14-2-3-15-10-26(12-21(15,8-14)13-27)17-4-5-18(28)24-19(17)29/h6-7,11,13-15,17H,2-5,8-10,12H2,1H3,(H2,22,23,30)(H,24,28,29). The number of carbonyl (C=O) groups excluding carboxylic acids is 4. The second kappa shape index (κ2) is 8.22. The van der Waals surface area contributed by atoms with Gasteiger partial charge in [-0.05, 0) is 43.6 Å². The fraction of sp³-hybridized carbons (Fsp3) is 0.619. The normalized spacial score (nSPS) is 31.7. The molecular formula is C21H29N5O4. The van der Waals surface area contributed by atoms with E-state index in [1.54, 1.807) is 0 Å². The molecule has 4 amide bonds. The van der Waals surface area contributed by atoms with Gasteiger partial charge < -0.3 is 20.0 Å². The summed E-state index contributed by atoms with van der Waals surface area (Å²) in [4.78, 5) is 50.1. The highest BCUT2D eigenvalue weighted by Gasteiger charge is 2.52. The van der Waals surface area contributed by atoms with E-state index in [1.165, 1.54) is 0 Å². The van der Waals surface area contributed by atoms with Crippen molar-refractivity contribution in [3.8, 4) is 0 Å². The minimum Gasteiger partial charge on any atom is -0.355 e. The van der Waals surface area contributed by atoms with E-state index in [2.05, 4.69) is 20.9 Å². The number of fused-ring (bicyclic) bond motifs is 1. The first-order valence-corrected chi connectivity index (χ1v) is 10.6. The van der Waals surface area contributed by atoms with Crippen LogP contribution in [0.1, 0.15) is 32.1 Å². The number of amides is 4. The smallest absolute Gasteiger partial charge is 0.319 e. The molecule has 0 spiro atoms. The zero-order valence-corrected chi connectivity index (χ0v) is 17.2. The molecule has 2 saturated heterocycles. The van der Waals surface area contributed by atoms with Crippen LogP contribution < -0.4 is 16.0 Å². The van der Waals surface area contributed by atoms with Gasteiger partial charge in [-0.3, -0.25) is 19.8 Å². The lowest BCUT2D eigenvalue weighted by atomic mass is 9.65. The highest BCUT2D eigenvalue weighted by molar-refractivity contribution is 6.00. The van der Waals surface area contributed by atoms with Crippen molar-refractivity contribution in [3.63, 3.8) is 0 Å². The number of nitrogens with zero attached hydrogens (tertiary/aromatic N) is 2. The van der Waals surface area contributed by atoms with Gasteiger partial charge in [0.1, 0.15) is 6.29 Å². The monoisotopic (exact) mass is 415 g/mol. The number of hydrogen-bond acceptors (Lipinski definition) is 5. The zero-order chi connectivity index (χ0) is 21.3. The number of piperidine rings is 1. The molecule has 4 atom stereocenters. The maximum Gasteiger partial charge on any atom is 0.319 e. The van der Waals surface area contributed by atoms with Crippen molar-refractivity contribution in [3.05, 3.63) is 18.5 Å². The van der Waals surface area contributed by atoms with Crippen LogP contribution in [0.4, 0.5) is 10.5 Å². The summed E-state index contributed by atoms with van der Waals surface area (Å²) in [5.74, 6) is -0.0378. The molecule has 1 aromatic rings.